The summed E-state index contributed by atoms with van der Waals surface area (Å²) in [6, 6.07) is 0. The first-order valence-corrected chi connectivity index (χ1v) is 2.59. The molecule has 0 bridgehead atoms. The van der Waals surface area contributed by atoms with Crippen molar-refractivity contribution in [1.82, 2.24) is 5.32 Å². The Kier molecular flexibility index (Phi) is 1.31. The highest BCUT2D eigenvalue weighted by Gasteiger charge is 2.31. The van der Waals surface area contributed by atoms with Crippen LogP contribution in [-0.2, 0) is 4.79 Å². The molecule has 0 amide bonds. The maximum Gasteiger partial charge on any atom is 0.234 e. The molecule has 0 aromatic rings. The lowest BCUT2D eigenvalue weighted by Gasteiger charge is -2.08. The van der Waals surface area contributed by atoms with Crippen molar-refractivity contribution in [3.63, 3.8) is 0 Å². The molecule has 1 aliphatic heterocycles. The lowest BCUT2D eigenvalue weighted by molar-refractivity contribution is 0.129. The molecule has 3 heteroatoms. The highest BCUT2D eigenvalue weighted by Crippen LogP contribution is 2.09. The summed E-state index contributed by atoms with van der Waals surface area (Å²) in [7, 11) is 0. The summed E-state index contributed by atoms with van der Waals surface area (Å²) in [4.78, 5) is 9.91. The third-order valence-corrected chi connectivity index (χ3v) is 1.32. The fraction of sp³-hybridized carbons (Fsp3) is 0.800. The standard InChI is InChI=1S/C5H8NO2/c7-4-5(8)1-2-6-3-5/h6,8H,1-3H2. The number of nitrogens with one attached hydrogen (secondary N) is 1. The summed E-state index contributed by atoms with van der Waals surface area (Å²) in [5.74, 6) is 0. The first-order valence-electron chi connectivity index (χ1n) is 2.59. The van der Waals surface area contributed by atoms with Crippen molar-refractivity contribution in [2.75, 3.05) is 13.1 Å². The van der Waals surface area contributed by atoms with Crippen LogP contribution in [0.15, 0.2) is 0 Å². The Morgan fingerprint density at radius 3 is 2.75 bits per heavy atom. The van der Waals surface area contributed by atoms with E-state index in [0.717, 1.165) is 0 Å². The van der Waals surface area contributed by atoms with E-state index < -0.39 is 5.60 Å². The zero-order chi connectivity index (χ0) is 6.04. The fourth-order valence-electron chi connectivity index (χ4n) is 0.766. The van der Waals surface area contributed by atoms with Crippen molar-refractivity contribution >= 4 is 6.29 Å². The smallest absolute Gasteiger partial charge is 0.234 e. The predicted octanol–water partition coefficient (Wildman–Crippen LogP) is -1.18. The van der Waals surface area contributed by atoms with Gasteiger partial charge in [0.25, 0.3) is 0 Å². The van der Waals surface area contributed by atoms with Crippen LogP contribution >= 0.6 is 0 Å². The molecule has 3 nitrogen and oxygen atoms in total. The van der Waals surface area contributed by atoms with Gasteiger partial charge in [0.2, 0.25) is 6.29 Å². The molecule has 1 saturated heterocycles. The van der Waals surface area contributed by atoms with Crippen LogP contribution in [0, 0.1) is 0 Å². The van der Waals surface area contributed by atoms with Gasteiger partial charge in [-0.05, 0) is 13.0 Å². The molecule has 0 spiro atoms. The second-order valence-corrected chi connectivity index (χ2v) is 2.06. The zero-order valence-corrected chi connectivity index (χ0v) is 4.48. The lowest BCUT2D eigenvalue weighted by atomic mass is 10.1. The Bertz CT molecular complexity index is 96.6. The van der Waals surface area contributed by atoms with Gasteiger partial charge >= 0.3 is 0 Å². The minimum Gasteiger partial charge on any atom is -0.380 e. The van der Waals surface area contributed by atoms with Crippen molar-refractivity contribution < 1.29 is 9.90 Å². The van der Waals surface area contributed by atoms with Crippen molar-refractivity contribution in [3.8, 4) is 0 Å². The Morgan fingerprint density at radius 1 is 1.75 bits per heavy atom. The van der Waals surface area contributed by atoms with Crippen LogP contribution in [0.3, 0.4) is 0 Å². The van der Waals surface area contributed by atoms with Gasteiger partial charge in [0, 0.05) is 6.54 Å². The quantitative estimate of drug-likeness (QED) is 0.451. The predicted molar refractivity (Wildman–Crippen MR) is 28.1 cm³/mol. The average Bonchev–Trinajstić information content (AvgIpc) is 2.17. The van der Waals surface area contributed by atoms with Gasteiger partial charge in [0.15, 0.2) is 0 Å². The van der Waals surface area contributed by atoms with E-state index in [1.165, 1.54) is 0 Å². The number of hydrogen-bond donors (Lipinski definition) is 2. The van der Waals surface area contributed by atoms with E-state index in [4.69, 9.17) is 5.11 Å². The number of rotatable bonds is 1. The molecule has 0 aromatic heterocycles. The maximum absolute atomic E-state index is 9.91. The van der Waals surface area contributed by atoms with Gasteiger partial charge in [-0.2, -0.15) is 0 Å². The monoisotopic (exact) mass is 114 g/mol. The number of hydrogen-bond acceptors (Lipinski definition) is 3. The van der Waals surface area contributed by atoms with Crippen molar-refractivity contribution in [2.45, 2.75) is 12.0 Å². The minimum atomic E-state index is -1.18. The third kappa shape index (κ3) is 0.877. The first kappa shape index (κ1) is 5.72. The summed E-state index contributed by atoms with van der Waals surface area (Å²) < 4.78 is 0. The highest BCUT2D eigenvalue weighted by molar-refractivity contribution is 5.63. The molecule has 0 aromatic carbocycles. The Morgan fingerprint density at radius 2 is 2.50 bits per heavy atom. The van der Waals surface area contributed by atoms with Gasteiger partial charge in [-0.25, -0.2) is 0 Å². The number of aliphatic hydroxyl groups is 1. The van der Waals surface area contributed by atoms with Crippen LogP contribution < -0.4 is 5.32 Å². The summed E-state index contributed by atoms with van der Waals surface area (Å²) in [6.07, 6.45) is 2.08. The van der Waals surface area contributed by atoms with Crippen molar-refractivity contribution in [1.29, 1.82) is 0 Å². The number of carbonyl (C=O) groups excluding carboxylic acids is 1. The lowest BCUT2D eigenvalue weighted by Crippen LogP contribution is -2.32. The Labute approximate surface area is 47.7 Å². The average molecular weight is 114 g/mol. The van der Waals surface area contributed by atoms with Crippen LogP contribution in [0.2, 0.25) is 0 Å². The topological polar surface area (TPSA) is 49.3 Å². The zero-order valence-electron chi connectivity index (χ0n) is 4.48. The molecule has 0 saturated carbocycles. The summed E-state index contributed by atoms with van der Waals surface area (Å²) in [6.45, 7) is 1.07. The minimum absolute atomic E-state index is 0.358. The van der Waals surface area contributed by atoms with E-state index in [2.05, 4.69) is 5.32 Å². The van der Waals surface area contributed by atoms with E-state index in [9.17, 15) is 4.79 Å². The maximum atomic E-state index is 9.91. The van der Waals surface area contributed by atoms with Gasteiger partial charge in [0.1, 0.15) is 5.60 Å². The van der Waals surface area contributed by atoms with E-state index in [0.29, 0.717) is 19.5 Å². The van der Waals surface area contributed by atoms with Gasteiger partial charge in [0.05, 0.1) is 0 Å². The van der Waals surface area contributed by atoms with Crippen LogP contribution in [-0.4, -0.2) is 30.1 Å². The van der Waals surface area contributed by atoms with Crippen molar-refractivity contribution in [2.24, 2.45) is 0 Å². The molecule has 1 aliphatic rings. The second kappa shape index (κ2) is 1.84. The van der Waals surface area contributed by atoms with Crippen LogP contribution in [0.4, 0.5) is 0 Å². The molecule has 1 radical (unpaired) electrons. The van der Waals surface area contributed by atoms with Crippen molar-refractivity contribution in [3.05, 3.63) is 0 Å². The molecule has 1 atom stereocenters. The Hall–Kier alpha value is -0.410. The van der Waals surface area contributed by atoms with Crippen LogP contribution in [0.5, 0.6) is 0 Å². The van der Waals surface area contributed by atoms with Crippen LogP contribution in [0.25, 0.3) is 0 Å². The first-order chi connectivity index (χ1) is 3.77. The van der Waals surface area contributed by atoms with Gasteiger partial charge in [-0.1, -0.05) is 0 Å². The van der Waals surface area contributed by atoms with E-state index in [-0.39, 0.29) is 0 Å². The fourth-order valence-corrected chi connectivity index (χ4v) is 0.766. The van der Waals surface area contributed by atoms with E-state index >= 15 is 0 Å². The summed E-state index contributed by atoms with van der Waals surface area (Å²) in [5, 5.41) is 11.9. The molecule has 1 fully saturated rings. The SMILES string of the molecule is O=[C]C1(O)CCNC1. The number of β-amino-alcohol motifs (C(OH)–C–C–N with tert-alkyl or cyclic N) is 1. The molecule has 1 rings (SSSR count). The van der Waals surface area contributed by atoms with Gasteiger partial charge < -0.3 is 10.4 Å². The van der Waals surface area contributed by atoms with Gasteiger partial charge in [-0.3, -0.25) is 4.79 Å². The molecule has 1 unspecified atom stereocenters. The largest absolute Gasteiger partial charge is 0.380 e. The molecule has 1 heterocycles. The third-order valence-electron chi connectivity index (χ3n) is 1.32. The van der Waals surface area contributed by atoms with E-state index in [1.807, 2.05) is 0 Å². The van der Waals surface area contributed by atoms with Gasteiger partial charge in [-0.15, -0.1) is 0 Å². The molecule has 45 valence electrons. The molecular weight excluding hydrogens is 106 g/mol. The molecule has 8 heavy (non-hydrogen) atoms. The highest BCUT2D eigenvalue weighted by atomic mass is 16.3. The normalized spacial score (nSPS) is 37.6. The summed E-state index contributed by atoms with van der Waals surface area (Å²) >= 11 is 0. The molecule has 2 N–H and O–H groups in total. The second-order valence-electron chi connectivity index (χ2n) is 2.06. The van der Waals surface area contributed by atoms with Crippen LogP contribution in [0.1, 0.15) is 6.42 Å². The Balaban J connectivity index is 2.52. The molecule has 0 aliphatic carbocycles. The molecular formula is C5H8NO2. The van der Waals surface area contributed by atoms with E-state index in [1.54, 1.807) is 6.29 Å². The summed E-state index contributed by atoms with van der Waals surface area (Å²) in [5.41, 5.74) is -1.18.